The Labute approximate surface area is 73.9 Å². The van der Waals surface area contributed by atoms with Crippen molar-refractivity contribution in [3.8, 4) is 0 Å². The van der Waals surface area contributed by atoms with Gasteiger partial charge in [-0.2, -0.15) is 4.52 Å². The minimum atomic E-state index is -1.92. The van der Waals surface area contributed by atoms with Crippen molar-refractivity contribution in [2.75, 3.05) is 19.3 Å². The summed E-state index contributed by atoms with van der Waals surface area (Å²) in [6.07, 6.45) is 1.63. The Hall–Kier alpha value is 0.270. The van der Waals surface area contributed by atoms with Gasteiger partial charge in [0.15, 0.2) is 0 Å². The second-order valence-electron chi connectivity index (χ2n) is 2.67. The van der Waals surface area contributed by atoms with Crippen LogP contribution in [0.2, 0.25) is 0 Å². The molecule has 0 aromatic rings. The maximum Gasteiger partial charge on any atom is 0.417 e. The zero-order valence-corrected chi connectivity index (χ0v) is 8.55. The van der Waals surface area contributed by atoms with Crippen LogP contribution < -0.4 is 5.73 Å². The molecule has 0 bridgehead atoms. The molecule has 1 rings (SSSR count). The maximum absolute atomic E-state index is 5.48. The van der Waals surface area contributed by atoms with Crippen LogP contribution in [-0.2, 0) is 13.6 Å². The highest BCUT2D eigenvalue weighted by molar-refractivity contribution is 7.62. The standard InChI is InChI=1S/C7H17NO3P/c1-3-9-12(6-4-5-8)10-7(2)11-12/h7H,3-6,8H2,1-2H3/q+1. The molecule has 1 aliphatic rings. The molecular weight excluding hydrogens is 177 g/mol. The smallest absolute Gasteiger partial charge is 0.330 e. The van der Waals surface area contributed by atoms with Crippen molar-refractivity contribution >= 4 is 7.94 Å². The molecule has 0 amide bonds. The molecule has 4 nitrogen and oxygen atoms in total. The molecule has 0 aromatic heterocycles. The Morgan fingerprint density at radius 1 is 1.50 bits per heavy atom. The largest absolute Gasteiger partial charge is 0.417 e. The molecular formula is C7H17NO3P+. The fourth-order valence-electron chi connectivity index (χ4n) is 1.17. The molecule has 0 atom stereocenters. The lowest BCUT2D eigenvalue weighted by molar-refractivity contribution is -0.104. The Bertz CT molecular complexity index is 133. The maximum atomic E-state index is 5.48. The summed E-state index contributed by atoms with van der Waals surface area (Å²) in [4.78, 5) is 0. The highest BCUT2D eigenvalue weighted by Crippen LogP contribution is 2.71. The van der Waals surface area contributed by atoms with Crippen molar-refractivity contribution in [2.24, 2.45) is 5.73 Å². The van der Waals surface area contributed by atoms with E-state index in [2.05, 4.69) is 0 Å². The molecule has 1 fully saturated rings. The summed E-state index contributed by atoms with van der Waals surface area (Å²) in [6, 6.07) is 0. The van der Waals surface area contributed by atoms with E-state index in [4.69, 9.17) is 19.3 Å². The van der Waals surface area contributed by atoms with Crippen molar-refractivity contribution in [3.63, 3.8) is 0 Å². The van der Waals surface area contributed by atoms with Gasteiger partial charge < -0.3 is 5.73 Å². The molecule has 0 spiro atoms. The molecule has 0 unspecified atom stereocenters. The molecule has 1 aliphatic heterocycles. The van der Waals surface area contributed by atoms with E-state index in [0.29, 0.717) is 13.2 Å². The van der Waals surface area contributed by atoms with Gasteiger partial charge in [-0.1, -0.05) is 0 Å². The predicted octanol–water partition coefficient (Wildman–Crippen LogP) is 1.53. The average molecular weight is 194 g/mol. The lowest BCUT2D eigenvalue weighted by Gasteiger charge is -2.32. The Morgan fingerprint density at radius 3 is 2.58 bits per heavy atom. The fraction of sp³-hybridized carbons (Fsp3) is 1.00. The molecule has 0 saturated carbocycles. The van der Waals surface area contributed by atoms with Crippen LogP contribution in [0.3, 0.4) is 0 Å². The molecule has 5 heteroatoms. The van der Waals surface area contributed by atoms with E-state index in [0.717, 1.165) is 12.6 Å². The fourth-order valence-corrected chi connectivity index (χ4v) is 3.52. The van der Waals surface area contributed by atoms with Crippen LogP contribution in [0.25, 0.3) is 0 Å². The topological polar surface area (TPSA) is 53.7 Å². The Morgan fingerprint density at radius 2 is 2.17 bits per heavy atom. The van der Waals surface area contributed by atoms with Gasteiger partial charge in [0.05, 0.1) is 6.61 Å². The number of hydrogen-bond acceptors (Lipinski definition) is 4. The van der Waals surface area contributed by atoms with Crippen LogP contribution >= 0.6 is 7.94 Å². The molecule has 1 heterocycles. The highest BCUT2D eigenvalue weighted by atomic mass is 31.2. The molecule has 0 aliphatic carbocycles. The summed E-state index contributed by atoms with van der Waals surface area (Å²) in [5.74, 6) is 0. The van der Waals surface area contributed by atoms with Crippen molar-refractivity contribution in [1.29, 1.82) is 0 Å². The first kappa shape index (κ1) is 10.4. The molecule has 0 radical (unpaired) electrons. The van der Waals surface area contributed by atoms with E-state index >= 15 is 0 Å². The molecule has 12 heavy (non-hydrogen) atoms. The summed E-state index contributed by atoms with van der Waals surface area (Å²) >= 11 is 0. The predicted molar refractivity (Wildman–Crippen MR) is 48.7 cm³/mol. The van der Waals surface area contributed by atoms with Crippen LogP contribution in [0.15, 0.2) is 0 Å². The minimum absolute atomic E-state index is 0.0948. The lowest BCUT2D eigenvalue weighted by Crippen LogP contribution is -2.30. The normalized spacial score (nSPS) is 34.8. The zero-order chi connectivity index (χ0) is 9.03. The average Bonchev–Trinajstić information content (AvgIpc) is 1.98. The van der Waals surface area contributed by atoms with Crippen LogP contribution in [0, 0.1) is 0 Å². The quantitative estimate of drug-likeness (QED) is 0.674. The second kappa shape index (κ2) is 4.49. The summed E-state index contributed by atoms with van der Waals surface area (Å²) in [5, 5.41) is 0. The first-order valence-corrected chi connectivity index (χ1v) is 6.04. The molecule has 72 valence electrons. The van der Waals surface area contributed by atoms with Gasteiger partial charge >= 0.3 is 7.94 Å². The van der Waals surface area contributed by atoms with E-state index < -0.39 is 7.94 Å². The zero-order valence-electron chi connectivity index (χ0n) is 7.66. The van der Waals surface area contributed by atoms with Crippen molar-refractivity contribution in [2.45, 2.75) is 26.6 Å². The monoisotopic (exact) mass is 194 g/mol. The summed E-state index contributed by atoms with van der Waals surface area (Å²) in [7, 11) is -1.92. The summed E-state index contributed by atoms with van der Waals surface area (Å²) < 4.78 is 16.4. The molecule has 1 saturated heterocycles. The van der Waals surface area contributed by atoms with Gasteiger partial charge in [-0.15, -0.1) is 9.05 Å². The van der Waals surface area contributed by atoms with Gasteiger partial charge in [0.2, 0.25) is 0 Å². The van der Waals surface area contributed by atoms with Crippen molar-refractivity contribution in [3.05, 3.63) is 0 Å². The molecule has 0 aromatic carbocycles. The third-order valence-corrected chi connectivity index (χ3v) is 4.33. The Kier molecular flexibility index (Phi) is 3.87. The van der Waals surface area contributed by atoms with Gasteiger partial charge in [0.1, 0.15) is 6.16 Å². The first-order valence-electron chi connectivity index (χ1n) is 4.32. The minimum Gasteiger partial charge on any atom is -0.330 e. The number of rotatable bonds is 5. The van der Waals surface area contributed by atoms with Gasteiger partial charge in [-0.3, -0.25) is 0 Å². The van der Waals surface area contributed by atoms with Gasteiger partial charge in [0.25, 0.3) is 6.29 Å². The third kappa shape index (κ3) is 2.38. The number of hydrogen-bond donors (Lipinski definition) is 1. The van der Waals surface area contributed by atoms with E-state index in [1.807, 2.05) is 13.8 Å². The summed E-state index contributed by atoms with van der Waals surface area (Å²) in [6.45, 7) is 5.13. The first-order chi connectivity index (χ1) is 5.72. The van der Waals surface area contributed by atoms with Gasteiger partial charge in [-0.25, -0.2) is 0 Å². The van der Waals surface area contributed by atoms with E-state index in [1.165, 1.54) is 0 Å². The molecule has 2 N–H and O–H groups in total. The Balaban J connectivity index is 2.29. The van der Waals surface area contributed by atoms with E-state index in [-0.39, 0.29) is 6.29 Å². The van der Waals surface area contributed by atoms with E-state index in [9.17, 15) is 0 Å². The highest BCUT2D eigenvalue weighted by Gasteiger charge is 2.57. The second-order valence-corrected chi connectivity index (χ2v) is 5.02. The summed E-state index contributed by atoms with van der Waals surface area (Å²) in [5.41, 5.74) is 5.40. The van der Waals surface area contributed by atoms with Gasteiger partial charge in [-0.05, 0) is 20.4 Å². The SMILES string of the molecule is CCO[P+]1(CCCN)OC(C)O1. The van der Waals surface area contributed by atoms with Crippen molar-refractivity contribution in [1.82, 2.24) is 0 Å². The lowest BCUT2D eigenvalue weighted by atomic mass is 10.5. The van der Waals surface area contributed by atoms with Gasteiger partial charge in [0, 0.05) is 6.42 Å². The van der Waals surface area contributed by atoms with E-state index in [1.54, 1.807) is 0 Å². The van der Waals surface area contributed by atoms with Crippen LogP contribution in [0.5, 0.6) is 0 Å². The number of nitrogens with two attached hydrogens (primary N) is 1. The van der Waals surface area contributed by atoms with Crippen LogP contribution in [-0.4, -0.2) is 25.6 Å². The van der Waals surface area contributed by atoms with Crippen molar-refractivity contribution < 1.29 is 13.6 Å². The third-order valence-electron chi connectivity index (χ3n) is 1.58. The van der Waals surface area contributed by atoms with Crippen LogP contribution in [0.1, 0.15) is 20.3 Å². The van der Waals surface area contributed by atoms with Crippen LogP contribution in [0.4, 0.5) is 0 Å².